The number of likely N-dealkylation sites (tertiary alicyclic amines) is 1. The molecule has 0 atom stereocenters. The molecule has 5 rings (SSSR count). The van der Waals surface area contributed by atoms with Crippen LogP contribution in [0.5, 0.6) is 11.5 Å². The molecule has 27 heavy (non-hydrogen) atoms. The van der Waals surface area contributed by atoms with Gasteiger partial charge < -0.3 is 18.9 Å². The Morgan fingerprint density at radius 1 is 1.11 bits per heavy atom. The molecule has 0 spiro atoms. The molecule has 7 nitrogen and oxygen atoms in total. The van der Waals surface area contributed by atoms with E-state index < -0.39 is 0 Å². The maximum atomic E-state index is 12.7. The van der Waals surface area contributed by atoms with Crippen LogP contribution in [0.25, 0.3) is 11.2 Å². The van der Waals surface area contributed by atoms with Gasteiger partial charge >= 0.3 is 0 Å². The molecule has 0 N–H and O–H groups in total. The van der Waals surface area contributed by atoms with E-state index in [9.17, 15) is 4.79 Å². The van der Waals surface area contributed by atoms with E-state index in [0.717, 1.165) is 54.2 Å². The highest BCUT2D eigenvalue weighted by molar-refractivity contribution is 5.79. The standard InChI is InChI=1S/C20H20N4O3/c25-19(11-14-3-4-17-18(10-14)27-13-26-17)23-8-5-15(6-9-23)24-12-22-16-2-1-7-21-20(16)24/h1-4,7,10,12,15H,5-6,8-9,11,13H2. The van der Waals surface area contributed by atoms with Crippen molar-refractivity contribution in [3.63, 3.8) is 0 Å². The Morgan fingerprint density at radius 2 is 1.96 bits per heavy atom. The van der Waals surface area contributed by atoms with Crippen molar-refractivity contribution in [2.24, 2.45) is 0 Å². The van der Waals surface area contributed by atoms with E-state index in [-0.39, 0.29) is 12.7 Å². The number of carbonyl (C=O) groups is 1. The first-order valence-corrected chi connectivity index (χ1v) is 9.22. The second-order valence-corrected chi connectivity index (χ2v) is 6.97. The summed E-state index contributed by atoms with van der Waals surface area (Å²) in [5, 5.41) is 0. The highest BCUT2D eigenvalue weighted by atomic mass is 16.7. The van der Waals surface area contributed by atoms with Gasteiger partial charge in [0, 0.05) is 25.3 Å². The number of piperidine rings is 1. The second kappa shape index (κ2) is 6.57. The first-order valence-electron chi connectivity index (χ1n) is 9.22. The van der Waals surface area contributed by atoms with Gasteiger partial charge in [0.2, 0.25) is 12.7 Å². The Kier molecular flexibility index (Phi) is 3.92. The van der Waals surface area contributed by atoms with Crippen LogP contribution in [0, 0.1) is 0 Å². The van der Waals surface area contributed by atoms with E-state index >= 15 is 0 Å². The first kappa shape index (κ1) is 16.1. The summed E-state index contributed by atoms with van der Waals surface area (Å²) in [6.07, 6.45) is 5.87. The number of imidazole rings is 1. The van der Waals surface area contributed by atoms with Crippen LogP contribution in [0.1, 0.15) is 24.4 Å². The summed E-state index contributed by atoms with van der Waals surface area (Å²) in [7, 11) is 0. The van der Waals surface area contributed by atoms with Crippen molar-refractivity contribution >= 4 is 17.1 Å². The number of benzene rings is 1. The Morgan fingerprint density at radius 3 is 2.85 bits per heavy atom. The predicted molar refractivity (Wildman–Crippen MR) is 98.6 cm³/mol. The molecule has 4 heterocycles. The molecule has 1 aromatic carbocycles. The first-order chi connectivity index (χ1) is 13.3. The summed E-state index contributed by atoms with van der Waals surface area (Å²) in [6.45, 7) is 1.75. The smallest absolute Gasteiger partial charge is 0.231 e. The zero-order valence-electron chi connectivity index (χ0n) is 14.9. The Hall–Kier alpha value is -3.09. The molecule has 2 aliphatic heterocycles. The van der Waals surface area contributed by atoms with Gasteiger partial charge in [0.1, 0.15) is 5.52 Å². The van der Waals surface area contributed by atoms with Crippen LogP contribution in [0.2, 0.25) is 0 Å². The second-order valence-electron chi connectivity index (χ2n) is 6.97. The Bertz CT molecular complexity index is 992. The van der Waals surface area contributed by atoms with Gasteiger partial charge in [-0.25, -0.2) is 9.97 Å². The van der Waals surface area contributed by atoms with Crippen molar-refractivity contribution in [1.29, 1.82) is 0 Å². The lowest BCUT2D eigenvalue weighted by molar-refractivity contribution is -0.131. The van der Waals surface area contributed by atoms with E-state index in [2.05, 4.69) is 14.5 Å². The van der Waals surface area contributed by atoms with Gasteiger partial charge in [-0.15, -0.1) is 0 Å². The molecule has 1 amide bonds. The average molecular weight is 364 g/mol. The zero-order valence-corrected chi connectivity index (χ0v) is 14.9. The molecule has 1 fully saturated rings. The van der Waals surface area contributed by atoms with Gasteiger partial charge in [-0.2, -0.15) is 0 Å². The fraction of sp³-hybridized carbons (Fsp3) is 0.350. The summed E-state index contributed by atoms with van der Waals surface area (Å²) in [6, 6.07) is 9.91. The summed E-state index contributed by atoms with van der Waals surface area (Å²) < 4.78 is 12.9. The minimum Gasteiger partial charge on any atom is -0.454 e. The lowest BCUT2D eigenvalue weighted by Crippen LogP contribution is -2.39. The fourth-order valence-corrected chi connectivity index (χ4v) is 3.87. The van der Waals surface area contributed by atoms with Crippen molar-refractivity contribution in [2.75, 3.05) is 19.9 Å². The number of aromatic nitrogens is 3. The van der Waals surface area contributed by atoms with Crippen molar-refractivity contribution < 1.29 is 14.3 Å². The number of ether oxygens (including phenoxy) is 2. The van der Waals surface area contributed by atoms with Crippen LogP contribution < -0.4 is 9.47 Å². The highest BCUT2D eigenvalue weighted by Gasteiger charge is 2.25. The van der Waals surface area contributed by atoms with Gasteiger partial charge in [0.15, 0.2) is 17.1 Å². The van der Waals surface area contributed by atoms with E-state index in [1.54, 1.807) is 6.20 Å². The van der Waals surface area contributed by atoms with Crippen LogP contribution in [-0.4, -0.2) is 45.2 Å². The zero-order chi connectivity index (χ0) is 18.2. The Labute approximate surface area is 156 Å². The van der Waals surface area contributed by atoms with Crippen molar-refractivity contribution in [3.8, 4) is 11.5 Å². The number of carbonyl (C=O) groups excluding carboxylic acids is 1. The van der Waals surface area contributed by atoms with Crippen LogP contribution in [-0.2, 0) is 11.2 Å². The molecule has 7 heteroatoms. The number of hydrogen-bond acceptors (Lipinski definition) is 5. The van der Waals surface area contributed by atoms with Gasteiger partial charge in [-0.05, 0) is 42.7 Å². The molecule has 0 saturated carbocycles. The topological polar surface area (TPSA) is 69.5 Å². The van der Waals surface area contributed by atoms with E-state index in [1.165, 1.54) is 0 Å². The van der Waals surface area contributed by atoms with E-state index in [4.69, 9.17) is 9.47 Å². The maximum absolute atomic E-state index is 12.7. The van der Waals surface area contributed by atoms with Gasteiger partial charge in [0.05, 0.1) is 12.7 Å². The predicted octanol–water partition coefficient (Wildman–Crippen LogP) is 2.57. The highest BCUT2D eigenvalue weighted by Crippen LogP contribution is 2.33. The number of fused-ring (bicyclic) bond motifs is 2. The van der Waals surface area contributed by atoms with Crippen molar-refractivity contribution in [2.45, 2.75) is 25.3 Å². The van der Waals surface area contributed by atoms with Crippen molar-refractivity contribution in [3.05, 3.63) is 48.4 Å². The number of rotatable bonds is 3. The third-order valence-corrected chi connectivity index (χ3v) is 5.33. The minimum atomic E-state index is 0.154. The molecular weight excluding hydrogens is 344 g/mol. The van der Waals surface area contributed by atoms with E-state index in [0.29, 0.717) is 12.5 Å². The molecule has 1 saturated heterocycles. The lowest BCUT2D eigenvalue weighted by Gasteiger charge is -2.32. The largest absolute Gasteiger partial charge is 0.454 e. The molecule has 138 valence electrons. The minimum absolute atomic E-state index is 0.154. The average Bonchev–Trinajstić information content (AvgIpc) is 3.34. The molecular formula is C20H20N4O3. The summed E-state index contributed by atoms with van der Waals surface area (Å²) in [5.74, 6) is 1.62. The summed E-state index contributed by atoms with van der Waals surface area (Å²) in [4.78, 5) is 23.5. The molecule has 0 bridgehead atoms. The number of nitrogens with zero attached hydrogens (tertiary/aromatic N) is 4. The molecule has 0 unspecified atom stereocenters. The monoisotopic (exact) mass is 364 g/mol. The molecule has 2 aromatic heterocycles. The molecule has 3 aromatic rings. The number of hydrogen-bond donors (Lipinski definition) is 0. The van der Waals surface area contributed by atoms with Crippen LogP contribution in [0.4, 0.5) is 0 Å². The number of pyridine rings is 1. The quantitative estimate of drug-likeness (QED) is 0.714. The SMILES string of the molecule is O=C(Cc1ccc2c(c1)OCO2)N1CCC(n2cnc3cccnc32)CC1. The summed E-state index contributed by atoms with van der Waals surface area (Å²) in [5.41, 5.74) is 2.79. The number of amides is 1. The van der Waals surface area contributed by atoms with Crippen LogP contribution in [0.15, 0.2) is 42.9 Å². The lowest BCUT2D eigenvalue weighted by atomic mass is 10.0. The molecule has 0 aliphatic carbocycles. The summed E-state index contributed by atoms with van der Waals surface area (Å²) >= 11 is 0. The van der Waals surface area contributed by atoms with Crippen molar-refractivity contribution in [1.82, 2.24) is 19.4 Å². The molecule has 0 radical (unpaired) electrons. The molecule has 2 aliphatic rings. The van der Waals surface area contributed by atoms with Gasteiger partial charge in [0.25, 0.3) is 0 Å². The van der Waals surface area contributed by atoms with Crippen LogP contribution in [0.3, 0.4) is 0 Å². The third-order valence-electron chi connectivity index (χ3n) is 5.33. The van der Waals surface area contributed by atoms with Gasteiger partial charge in [-0.3, -0.25) is 4.79 Å². The van der Waals surface area contributed by atoms with E-state index in [1.807, 2.05) is 41.6 Å². The maximum Gasteiger partial charge on any atom is 0.231 e. The fourth-order valence-electron chi connectivity index (χ4n) is 3.87. The van der Waals surface area contributed by atoms with Gasteiger partial charge in [-0.1, -0.05) is 6.07 Å². The Balaban J connectivity index is 1.23. The third kappa shape index (κ3) is 2.99. The van der Waals surface area contributed by atoms with Crippen LogP contribution >= 0.6 is 0 Å². The normalized spacial score (nSPS) is 16.8.